The van der Waals surface area contributed by atoms with Crippen molar-refractivity contribution in [3.63, 3.8) is 0 Å². The van der Waals surface area contributed by atoms with Crippen LogP contribution in [0.25, 0.3) is 10.8 Å². The third-order valence-corrected chi connectivity index (χ3v) is 5.04. The van der Waals surface area contributed by atoms with Crippen molar-refractivity contribution in [2.75, 3.05) is 5.32 Å². The zero-order valence-corrected chi connectivity index (χ0v) is 14.3. The molecule has 128 valence electrons. The molecule has 0 saturated heterocycles. The summed E-state index contributed by atoms with van der Waals surface area (Å²) in [6.07, 6.45) is 8.25. The zero-order chi connectivity index (χ0) is 17.1. The monoisotopic (exact) mass is 333 g/mol. The molecule has 0 radical (unpaired) electrons. The molecule has 1 heterocycles. The SMILES string of the molecule is O=C(Cc1ccc2ccccc2c1)Nc1ccnn1C1CCCCC1. The Hall–Kier alpha value is -2.62. The van der Waals surface area contributed by atoms with E-state index in [4.69, 9.17) is 0 Å². The highest BCUT2D eigenvalue weighted by Gasteiger charge is 2.19. The number of hydrogen-bond acceptors (Lipinski definition) is 2. The largest absolute Gasteiger partial charge is 0.311 e. The number of fused-ring (bicyclic) bond motifs is 1. The van der Waals surface area contributed by atoms with E-state index in [9.17, 15) is 4.79 Å². The van der Waals surface area contributed by atoms with Gasteiger partial charge in [-0.1, -0.05) is 61.7 Å². The highest BCUT2D eigenvalue weighted by atomic mass is 16.1. The summed E-state index contributed by atoms with van der Waals surface area (Å²) in [6, 6.07) is 16.7. The van der Waals surface area contributed by atoms with E-state index in [1.807, 2.05) is 28.9 Å². The van der Waals surface area contributed by atoms with Crippen molar-refractivity contribution in [1.82, 2.24) is 9.78 Å². The summed E-state index contributed by atoms with van der Waals surface area (Å²) in [4.78, 5) is 12.5. The lowest BCUT2D eigenvalue weighted by Gasteiger charge is -2.23. The van der Waals surface area contributed by atoms with Gasteiger partial charge >= 0.3 is 0 Å². The van der Waals surface area contributed by atoms with Crippen LogP contribution in [0.15, 0.2) is 54.7 Å². The standard InChI is InChI=1S/C21H23N3O/c25-21(15-16-10-11-17-6-4-5-7-18(17)14-16)23-20-12-13-22-24(20)19-8-2-1-3-9-19/h4-7,10-14,19H,1-3,8-9,15H2,(H,23,25). The number of nitrogens with zero attached hydrogens (tertiary/aromatic N) is 2. The lowest BCUT2D eigenvalue weighted by molar-refractivity contribution is -0.115. The molecular weight excluding hydrogens is 310 g/mol. The van der Waals surface area contributed by atoms with Crippen molar-refractivity contribution in [2.45, 2.75) is 44.6 Å². The van der Waals surface area contributed by atoms with Crippen molar-refractivity contribution >= 4 is 22.5 Å². The molecule has 1 amide bonds. The normalized spacial score (nSPS) is 15.4. The Balaban J connectivity index is 1.46. The van der Waals surface area contributed by atoms with Gasteiger partial charge in [0.1, 0.15) is 5.82 Å². The van der Waals surface area contributed by atoms with Gasteiger partial charge < -0.3 is 5.32 Å². The van der Waals surface area contributed by atoms with Gasteiger partial charge in [-0.25, -0.2) is 4.68 Å². The van der Waals surface area contributed by atoms with Crippen LogP contribution in [-0.2, 0) is 11.2 Å². The second-order valence-electron chi connectivity index (χ2n) is 6.86. The summed E-state index contributed by atoms with van der Waals surface area (Å²) in [7, 11) is 0. The molecule has 1 fully saturated rings. The van der Waals surface area contributed by atoms with E-state index in [-0.39, 0.29) is 5.91 Å². The van der Waals surface area contributed by atoms with Crippen LogP contribution in [0.1, 0.15) is 43.7 Å². The maximum absolute atomic E-state index is 12.5. The van der Waals surface area contributed by atoms with Crippen LogP contribution in [0, 0.1) is 0 Å². The highest BCUT2D eigenvalue weighted by Crippen LogP contribution is 2.30. The Kier molecular flexibility index (Phi) is 4.51. The van der Waals surface area contributed by atoms with Gasteiger partial charge in [0.05, 0.1) is 18.7 Å². The van der Waals surface area contributed by atoms with Crippen LogP contribution < -0.4 is 5.32 Å². The van der Waals surface area contributed by atoms with Crippen LogP contribution in [0.4, 0.5) is 5.82 Å². The van der Waals surface area contributed by atoms with Crippen molar-refractivity contribution in [1.29, 1.82) is 0 Å². The van der Waals surface area contributed by atoms with Crippen LogP contribution in [-0.4, -0.2) is 15.7 Å². The zero-order valence-electron chi connectivity index (χ0n) is 14.3. The predicted octanol–water partition coefficient (Wildman–Crippen LogP) is 4.72. The van der Waals surface area contributed by atoms with Gasteiger partial charge in [0.15, 0.2) is 0 Å². The fourth-order valence-corrected chi connectivity index (χ4v) is 3.75. The lowest BCUT2D eigenvalue weighted by atomic mass is 9.96. The molecule has 3 aromatic rings. The first-order valence-corrected chi connectivity index (χ1v) is 9.11. The Labute approximate surface area is 147 Å². The molecule has 1 N–H and O–H groups in total. The molecule has 1 aliphatic carbocycles. The summed E-state index contributed by atoms with van der Waals surface area (Å²) in [5, 5.41) is 9.85. The van der Waals surface area contributed by atoms with Crippen LogP contribution in [0.5, 0.6) is 0 Å². The first-order chi connectivity index (χ1) is 12.3. The first-order valence-electron chi connectivity index (χ1n) is 9.11. The minimum absolute atomic E-state index is 0.00726. The molecule has 0 bridgehead atoms. The summed E-state index contributed by atoms with van der Waals surface area (Å²) < 4.78 is 2.00. The number of nitrogens with one attached hydrogen (secondary N) is 1. The Bertz CT molecular complexity index is 877. The number of carbonyl (C=O) groups excluding carboxylic acids is 1. The Morgan fingerprint density at radius 2 is 1.84 bits per heavy atom. The minimum atomic E-state index is 0.00726. The second kappa shape index (κ2) is 7.09. The fourth-order valence-electron chi connectivity index (χ4n) is 3.75. The average molecular weight is 333 g/mol. The number of hydrogen-bond donors (Lipinski definition) is 1. The molecule has 25 heavy (non-hydrogen) atoms. The summed E-state index contributed by atoms with van der Waals surface area (Å²) in [5.74, 6) is 0.825. The number of amides is 1. The van der Waals surface area contributed by atoms with E-state index in [1.54, 1.807) is 6.20 Å². The van der Waals surface area contributed by atoms with E-state index in [1.165, 1.54) is 30.0 Å². The molecule has 1 saturated carbocycles. The third-order valence-electron chi connectivity index (χ3n) is 5.04. The number of rotatable bonds is 4. The molecule has 1 aromatic heterocycles. The maximum Gasteiger partial charge on any atom is 0.229 e. The third kappa shape index (κ3) is 3.58. The van der Waals surface area contributed by atoms with Crippen molar-refractivity contribution in [3.8, 4) is 0 Å². The predicted molar refractivity (Wildman–Crippen MR) is 101 cm³/mol. The van der Waals surface area contributed by atoms with Gasteiger partial charge in [-0.15, -0.1) is 0 Å². The number of carbonyl (C=O) groups is 1. The summed E-state index contributed by atoms with van der Waals surface area (Å²) in [6.45, 7) is 0. The average Bonchev–Trinajstić information content (AvgIpc) is 3.10. The lowest BCUT2D eigenvalue weighted by Crippen LogP contribution is -2.21. The quantitative estimate of drug-likeness (QED) is 0.751. The van der Waals surface area contributed by atoms with Crippen molar-refractivity contribution in [2.24, 2.45) is 0 Å². The van der Waals surface area contributed by atoms with E-state index >= 15 is 0 Å². The van der Waals surface area contributed by atoms with E-state index in [0.29, 0.717) is 12.5 Å². The van der Waals surface area contributed by atoms with Gasteiger partial charge in [0.25, 0.3) is 0 Å². The second-order valence-corrected chi connectivity index (χ2v) is 6.86. The topological polar surface area (TPSA) is 46.9 Å². The van der Waals surface area contributed by atoms with Gasteiger partial charge in [-0.2, -0.15) is 5.10 Å². The number of benzene rings is 2. The molecule has 0 spiro atoms. The van der Waals surface area contributed by atoms with E-state index in [2.05, 4.69) is 34.7 Å². The molecule has 0 unspecified atom stereocenters. The molecular formula is C21H23N3O. The van der Waals surface area contributed by atoms with Crippen LogP contribution in [0.2, 0.25) is 0 Å². The first kappa shape index (κ1) is 15.9. The fraction of sp³-hybridized carbons (Fsp3) is 0.333. The van der Waals surface area contributed by atoms with Gasteiger partial charge in [-0.05, 0) is 29.2 Å². The smallest absolute Gasteiger partial charge is 0.229 e. The molecule has 4 heteroatoms. The number of anilines is 1. The van der Waals surface area contributed by atoms with Crippen molar-refractivity contribution < 1.29 is 4.79 Å². The van der Waals surface area contributed by atoms with Crippen LogP contribution in [0.3, 0.4) is 0 Å². The minimum Gasteiger partial charge on any atom is -0.311 e. The van der Waals surface area contributed by atoms with E-state index in [0.717, 1.165) is 24.2 Å². The molecule has 4 nitrogen and oxygen atoms in total. The molecule has 0 atom stereocenters. The maximum atomic E-state index is 12.5. The van der Waals surface area contributed by atoms with Crippen LogP contribution >= 0.6 is 0 Å². The van der Waals surface area contributed by atoms with E-state index < -0.39 is 0 Å². The summed E-state index contributed by atoms with van der Waals surface area (Å²) in [5.41, 5.74) is 1.03. The molecule has 4 rings (SSSR count). The highest BCUT2D eigenvalue weighted by molar-refractivity contribution is 5.92. The Morgan fingerprint density at radius 3 is 2.68 bits per heavy atom. The van der Waals surface area contributed by atoms with Gasteiger partial charge in [0, 0.05) is 6.07 Å². The molecule has 1 aliphatic rings. The number of aromatic nitrogens is 2. The summed E-state index contributed by atoms with van der Waals surface area (Å²) >= 11 is 0. The van der Waals surface area contributed by atoms with Gasteiger partial charge in [-0.3, -0.25) is 4.79 Å². The van der Waals surface area contributed by atoms with Crippen molar-refractivity contribution in [3.05, 3.63) is 60.3 Å². The Morgan fingerprint density at radius 1 is 1.04 bits per heavy atom. The molecule has 2 aromatic carbocycles. The molecule has 0 aliphatic heterocycles. The van der Waals surface area contributed by atoms with Gasteiger partial charge in [0.2, 0.25) is 5.91 Å².